The molecule has 0 saturated carbocycles. The average molecular weight is 655 g/mol. The van der Waals surface area contributed by atoms with Gasteiger partial charge in [-0.1, -0.05) is 62.4 Å². The van der Waals surface area contributed by atoms with Gasteiger partial charge in [0.15, 0.2) is 0 Å². The fourth-order valence-electron chi connectivity index (χ4n) is 5.20. The van der Waals surface area contributed by atoms with Crippen LogP contribution in [0.15, 0.2) is 84.9 Å². The molecule has 0 aliphatic rings. The number of nitrogens with one attached hydrogen (secondary N) is 1. The number of nitrogens with zero attached hydrogens (tertiary/aromatic N) is 1. The Morgan fingerprint density at radius 2 is 1.40 bits per heavy atom. The Labute approximate surface area is 294 Å². The number of hydrogen-bond acceptors (Lipinski definition) is 4. The summed E-state index contributed by atoms with van der Waals surface area (Å²) in [4.78, 5) is 25.0. The third-order valence-corrected chi connectivity index (χ3v) is 6.93. The standard InChI is InChI=1S/C33H35FN2O5.Ca.3H2O.2H/c1-21(2)31-30(33(41)35-25-11-7-4-8-12-25)29(22-9-5-3-6-10-22)32(23-13-15-24(34)16-14-23)36(31)18-17-26(37)19-27(38)20-28(39)40;;;;;;/h3-16,21,26-27,37-38H,17-20H2,1-2H3,(H,35,41)(H,39,40);;3*1H2;;/q;+2;;;;2*-1. The second kappa shape index (κ2) is 19.4. The van der Waals surface area contributed by atoms with E-state index in [1.54, 1.807) is 12.1 Å². The summed E-state index contributed by atoms with van der Waals surface area (Å²) in [6, 6.07) is 24.8. The Morgan fingerprint density at radius 3 is 1.93 bits per heavy atom. The van der Waals surface area contributed by atoms with Crippen LogP contribution >= 0.6 is 0 Å². The van der Waals surface area contributed by atoms with Crippen LogP contribution in [-0.2, 0) is 11.3 Å². The Bertz CT molecular complexity index is 1490. The number of para-hydroxylation sites is 1. The predicted molar refractivity (Wildman–Crippen MR) is 176 cm³/mol. The molecule has 1 aromatic heterocycles. The van der Waals surface area contributed by atoms with E-state index in [0.717, 1.165) is 11.3 Å². The molecule has 242 valence electrons. The topological polar surface area (TPSA) is 206 Å². The first-order chi connectivity index (χ1) is 19.7. The minimum atomic E-state index is -1.18. The van der Waals surface area contributed by atoms with Gasteiger partial charge in [0, 0.05) is 23.5 Å². The third-order valence-electron chi connectivity index (χ3n) is 6.93. The Morgan fingerprint density at radius 1 is 0.844 bits per heavy atom. The van der Waals surface area contributed by atoms with E-state index in [9.17, 15) is 24.2 Å². The minimum absolute atomic E-state index is 0. The molecule has 0 saturated heterocycles. The van der Waals surface area contributed by atoms with Gasteiger partial charge in [-0.3, -0.25) is 9.59 Å². The molecule has 0 aliphatic carbocycles. The molecule has 0 fully saturated rings. The van der Waals surface area contributed by atoms with Gasteiger partial charge in [-0.25, -0.2) is 4.39 Å². The van der Waals surface area contributed by atoms with Crippen molar-refractivity contribution >= 4 is 55.3 Å². The summed E-state index contributed by atoms with van der Waals surface area (Å²) in [6.07, 6.45) is -2.51. The maximum absolute atomic E-state index is 14.0. The van der Waals surface area contributed by atoms with Crippen LogP contribution in [0, 0.1) is 5.82 Å². The molecule has 3 aromatic carbocycles. The molecular formula is C33H43CaFN2O8. The summed E-state index contributed by atoms with van der Waals surface area (Å²) in [6.45, 7) is 4.25. The predicted octanol–water partition coefficient (Wildman–Crippen LogP) is 3.68. The van der Waals surface area contributed by atoms with Crippen LogP contribution in [0.2, 0.25) is 0 Å². The van der Waals surface area contributed by atoms with E-state index < -0.39 is 24.6 Å². The molecule has 4 aromatic rings. The first kappa shape index (κ1) is 41.9. The molecule has 10 N–H and O–H groups in total. The third kappa shape index (κ3) is 10.7. The number of aromatic nitrogens is 1. The zero-order valence-corrected chi connectivity index (χ0v) is 27.5. The first-order valence-corrected chi connectivity index (χ1v) is 13.7. The summed E-state index contributed by atoms with van der Waals surface area (Å²) in [5, 5.41) is 32.8. The van der Waals surface area contributed by atoms with Crippen LogP contribution in [0.3, 0.4) is 0 Å². The Balaban J connectivity index is -0.00000323. The van der Waals surface area contributed by atoms with E-state index in [4.69, 9.17) is 5.11 Å². The summed E-state index contributed by atoms with van der Waals surface area (Å²) >= 11 is 0. The normalized spacial score (nSPS) is 11.6. The molecule has 1 heterocycles. The van der Waals surface area contributed by atoms with E-state index in [1.807, 2.05) is 79.1 Å². The molecule has 12 heteroatoms. The fourth-order valence-corrected chi connectivity index (χ4v) is 5.20. The van der Waals surface area contributed by atoms with Crippen LogP contribution in [0.25, 0.3) is 22.4 Å². The van der Waals surface area contributed by atoms with Gasteiger partial charge in [-0.05, 0) is 66.3 Å². The zero-order valence-electron chi connectivity index (χ0n) is 27.3. The van der Waals surface area contributed by atoms with Gasteiger partial charge < -0.3 is 44.5 Å². The molecule has 2 unspecified atom stereocenters. The van der Waals surface area contributed by atoms with Crippen LogP contribution < -0.4 is 5.32 Å². The molecular weight excluding hydrogens is 611 g/mol. The number of benzene rings is 3. The quantitative estimate of drug-likeness (QED) is 0.168. The van der Waals surface area contributed by atoms with Crippen LogP contribution in [0.5, 0.6) is 0 Å². The van der Waals surface area contributed by atoms with Crippen molar-refractivity contribution in [2.45, 2.75) is 57.8 Å². The van der Waals surface area contributed by atoms with Crippen molar-refractivity contribution in [2.75, 3.05) is 5.32 Å². The largest absolute Gasteiger partial charge is 2.00 e. The van der Waals surface area contributed by atoms with Crippen molar-refractivity contribution in [3.63, 3.8) is 0 Å². The van der Waals surface area contributed by atoms with Gasteiger partial charge in [0.25, 0.3) is 5.91 Å². The number of amides is 1. The van der Waals surface area contributed by atoms with Crippen molar-refractivity contribution in [3.05, 3.63) is 102 Å². The minimum Gasteiger partial charge on any atom is -1.00 e. The molecule has 1 amide bonds. The maximum Gasteiger partial charge on any atom is 2.00 e. The Hall–Kier alpha value is -3.13. The number of carbonyl (C=O) groups excluding carboxylic acids is 1. The smallest absolute Gasteiger partial charge is 1.00 e. The number of aliphatic hydroxyl groups excluding tert-OH is 2. The van der Waals surface area contributed by atoms with E-state index in [2.05, 4.69) is 5.32 Å². The van der Waals surface area contributed by atoms with E-state index >= 15 is 0 Å². The Kier molecular flexibility index (Phi) is 18.0. The molecule has 45 heavy (non-hydrogen) atoms. The fraction of sp³-hybridized carbons (Fsp3) is 0.273. The summed E-state index contributed by atoms with van der Waals surface area (Å²) < 4.78 is 16.0. The van der Waals surface area contributed by atoms with Crippen LogP contribution in [0.4, 0.5) is 10.1 Å². The van der Waals surface area contributed by atoms with Crippen LogP contribution in [-0.4, -0.2) is 98.1 Å². The van der Waals surface area contributed by atoms with Crippen molar-refractivity contribution in [2.24, 2.45) is 0 Å². The van der Waals surface area contributed by atoms with Crippen molar-refractivity contribution in [1.82, 2.24) is 4.57 Å². The van der Waals surface area contributed by atoms with Gasteiger partial charge in [-0.15, -0.1) is 0 Å². The van der Waals surface area contributed by atoms with Crippen molar-refractivity contribution < 1.29 is 48.6 Å². The number of carbonyl (C=O) groups is 2. The van der Waals surface area contributed by atoms with Gasteiger partial charge in [0.1, 0.15) is 5.82 Å². The number of aliphatic carboxylic acids is 1. The van der Waals surface area contributed by atoms with Crippen molar-refractivity contribution in [1.29, 1.82) is 0 Å². The SMILES string of the molecule is CC(C)c1c(C(=O)Nc2ccccc2)c(-c2ccccc2)c(-c2ccc(F)cc2)n1CCC(O)CC(O)CC(=O)O.O.O.O.[Ca+2].[H-].[H-]. The molecule has 0 radical (unpaired) electrons. The monoisotopic (exact) mass is 654 g/mol. The first-order valence-electron chi connectivity index (χ1n) is 13.7. The van der Waals surface area contributed by atoms with Gasteiger partial charge in [0.2, 0.25) is 0 Å². The molecule has 0 spiro atoms. The second-order valence-electron chi connectivity index (χ2n) is 10.4. The molecule has 10 nitrogen and oxygen atoms in total. The van der Waals surface area contributed by atoms with Gasteiger partial charge in [-0.2, -0.15) is 0 Å². The number of hydrogen-bond donors (Lipinski definition) is 4. The van der Waals surface area contributed by atoms with E-state index in [1.165, 1.54) is 12.1 Å². The molecule has 0 aliphatic heterocycles. The van der Waals surface area contributed by atoms with Crippen molar-refractivity contribution in [3.8, 4) is 22.4 Å². The van der Waals surface area contributed by atoms with Gasteiger partial charge in [0.05, 0.1) is 29.9 Å². The van der Waals surface area contributed by atoms with E-state index in [0.29, 0.717) is 28.1 Å². The molecule has 4 rings (SSSR count). The second-order valence-corrected chi connectivity index (χ2v) is 10.4. The number of aliphatic hydroxyl groups is 2. The summed E-state index contributed by atoms with van der Waals surface area (Å²) in [7, 11) is 0. The summed E-state index contributed by atoms with van der Waals surface area (Å²) in [5.41, 5.74) is 4.77. The number of carboxylic acids is 1. The zero-order chi connectivity index (χ0) is 29.5. The average Bonchev–Trinajstić information content (AvgIpc) is 3.28. The summed E-state index contributed by atoms with van der Waals surface area (Å²) in [5.74, 6) is -1.93. The number of anilines is 1. The molecule has 0 bridgehead atoms. The number of halogens is 1. The molecule has 2 atom stereocenters. The van der Waals surface area contributed by atoms with E-state index in [-0.39, 0.29) is 94.0 Å². The van der Waals surface area contributed by atoms with Gasteiger partial charge >= 0.3 is 43.7 Å². The number of rotatable bonds is 12. The number of carboxylic acid groups (broad SMARTS) is 1. The maximum atomic E-state index is 14.0. The van der Waals surface area contributed by atoms with Crippen LogP contribution in [0.1, 0.15) is 57.9 Å².